The molecule has 6 heteroatoms. The largest absolute Gasteiger partial charge is 0.309 e. The Bertz CT molecular complexity index is 4100. The molecule has 10 aromatic carbocycles. The standard InChI is InChI=1S/C64H43N5Si/c1-4-22-45(23-5-1)70(46-24-6-2-7-25-46,47-26-8-3-9-27-47)62-39-21-15-33-53(62)55-43-63(68-58-36-18-12-30-50(58)51-31-13-19-37-59(51)68)66-64(65-55)69-60-38-20-14-32-52(60)54-42-44(40-41-61(54)69)67-56-34-16-10-28-48(56)49-29-11-17-35-57(49)67/h1-43H. The fourth-order valence-corrected chi connectivity index (χ4v) is 16.5. The van der Waals surface area contributed by atoms with Gasteiger partial charge < -0.3 is 4.57 Å². The summed E-state index contributed by atoms with van der Waals surface area (Å²) < 4.78 is 7.00. The molecule has 0 amide bonds. The summed E-state index contributed by atoms with van der Waals surface area (Å²) in [4.78, 5) is 11.5. The van der Waals surface area contributed by atoms with Gasteiger partial charge >= 0.3 is 0 Å². The summed E-state index contributed by atoms with van der Waals surface area (Å²) in [5, 5.41) is 12.3. The van der Waals surface area contributed by atoms with Gasteiger partial charge in [0.05, 0.1) is 38.8 Å². The van der Waals surface area contributed by atoms with Crippen LogP contribution in [0, 0.1) is 0 Å². The molecule has 0 aliphatic heterocycles. The van der Waals surface area contributed by atoms with Gasteiger partial charge in [0.15, 0.2) is 8.07 Å². The van der Waals surface area contributed by atoms with E-state index < -0.39 is 8.07 Å². The Morgan fingerprint density at radius 3 is 1.17 bits per heavy atom. The minimum absolute atomic E-state index is 0.603. The van der Waals surface area contributed by atoms with Crippen molar-refractivity contribution in [3.8, 4) is 28.7 Å². The smallest absolute Gasteiger partial charge is 0.237 e. The van der Waals surface area contributed by atoms with Crippen molar-refractivity contribution in [2.75, 3.05) is 0 Å². The molecule has 0 aliphatic rings. The lowest BCUT2D eigenvalue weighted by atomic mass is 10.1. The third-order valence-corrected chi connectivity index (χ3v) is 19.3. The Morgan fingerprint density at radius 2 is 0.671 bits per heavy atom. The average molecular weight is 910 g/mol. The van der Waals surface area contributed by atoms with Gasteiger partial charge in [-0.1, -0.05) is 206 Å². The highest BCUT2D eigenvalue weighted by Crippen LogP contribution is 2.38. The zero-order valence-electron chi connectivity index (χ0n) is 38.1. The van der Waals surface area contributed by atoms with E-state index in [4.69, 9.17) is 9.97 Å². The second-order valence-electron chi connectivity index (χ2n) is 18.1. The van der Waals surface area contributed by atoms with E-state index in [9.17, 15) is 0 Å². The number of hydrogen-bond acceptors (Lipinski definition) is 2. The Morgan fingerprint density at radius 1 is 0.286 bits per heavy atom. The Kier molecular flexibility index (Phi) is 9.15. The summed E-state index contributed by atoms with van der Waals surface area (Å²) in [7, 11) is -3.02. The Hall–Kier alpha value is -9.10. The van der Waals surface area contributed by atoms with Gasteiger partial charge in [-0.2, -0.15) is 4.98 Å². The summed E-state index contributed by atoms with van der Waals surface area (Å²) >= 11 is 0. The van der Waals surface area contributed by atoms with E-state index >= 15 is 0 Å². The monoisotopic (exact) mass is 909 g/mol. The number of nitrogens with zero attached hydrogens (tertiary/aromatic N) is 5. The number of para-hydroxylation sites is 5. The van der Waals surface area contributed by atoms with Crippen LogP contribution in [0.3, 0.4) is 0 Å². The van der Waals surface area contributed by atoms with Crippen molar-refractivity contribution in [3.05, 3.63) is 261 Å². The van der Waals surface area contributed by atoms with Gasteiger partial charge in [0.2, 0.25) is 5.95 Å². The molecule has 328 valence electrons. The molecule has 70 heavy (non-hydrogen) atoms. The maximum absolute atomic E-state index is 5.78. The molecule has 5 nitrogen and oxygen atoms in total. The topological polar surface area (TPSA) is 40.6 Å². The normalized spacial score (nSPS) is 12.0. The zero-order chi connectivity index (χ0) is 46.2. The second-order valence-corrected chi connectivity index (χ2v) is 21.9. The van der Waals surface area contributed by atoms with Gasteiger partial charge in [-0.05, 0) is 69.3 Å². The molecule has 0 N–H and O–H groups in total. The van der Waals surface area contributed by atoms with Gasteiger partial charge in [-0.25, -0.2) is 4.98 Å². The molecule has 14 rings (SSSR count). The number of rotatable bonds is 8. The molecule has 0 radical (unpaired) electrons. The highest BCUT2D eigenvalue weighted by molar-refractivity contribution is 7.20. The van der Waals surface area contributed by atoms with Crippen LogP contribution in [-0.4, -0.2) is 31.7 Å². The molecule has 0 aliphatic carbocycles. The lowest BCUT2D eigenvalue weighted by Gasteiger charge is -2.35. The van der Waals surface area contributed by atoms with Crippen LogP contribution in [0.1, 0.15) is 0 Å². The van der Waals surface area contributed by atoms with Crippen molar-refractivity contribution in [1.82, 2.24) is 23.7 Å². The van der Waals surface area contributed by atoms with Crippen LogP contribution in [-0.2, 0) is 0 Å². The number of hydrogen-bond donors (Lipinski definition) is 0. The maximum atomic E-state index is 5.78. The SMILES string of the molecule is c1ccc([Si](c2ccccc2)(c2ccccc2)c2ccccc2-c2cc(-n3c4ccccc4c4ccccc43)nc(-n3c4ccccc4c4cc(-n5c6ccccc6c6ccccc65)ccc43)n2)cc1. The summed E-state index contributed by atoms with van der Waals surface area (Å²) in [6.45, 7) is 0. The van der Waals surface area contributed by atoms with Gasteiger partial charge in [0.25, 0.3) is 0 Å². The van der Waals surface area contributed by atoms with E-state index in [1.54, 1.807) is 0 Å². The van der Waals surface area contributed by atoms with Gasteiger partial charge in [-0.3, -0.25) is 9.13 Å². The van der Waals surface area contributed by atoms with Crippen LogP contribution in [0.4, 0.5) is 0 Å². The molecule has 4 aromatic heterocycles. The van der Waals surface area contributed by atoms with E-state index in [0.29, 0.717) is 5.95 Å². The van der Waals surface area contributed by atoms with E-state index in [0.717, 1.165) is 55.6 Å². The lowest BCUT2D eigenvalue weighted by molar-refractivity contribution is 0.952. The number of benzene rings is 10. The predicted molar refractivity (Wildman–Crippen MR) is 294 cm³/mol. The van der Waals surface area contributed by atoms with Gasteiger partial charge in [0.1, 0.15) is 5.82 Å². The van der Waals surface area contributed by atoms with E-state index in [1.165, 1.54) is 53.3 Å². The molecule has 4 heterocycles. The Balaban J connectivity index is 1.08. The first kappa shape index (κ1) is 40.0. The fourth-order valence-electron chi connectivity index (χ4n) is 11.5. The summed E-state index contributed by atoms with van der Waals surface area (Å²) in [5.74, 6) is 1.40. The number of aromatic nitrogens is 5. The molecular formula is C64H43N5Si. The molecule has 0 bridgehead atoms. The van der Waals surface area contributed by atoms with Crippen LogP contribution in [0.15, 0.2) is 261 Å². The van der Waals surface area contributed by atoms with E-state index in [2.05, 4.69) is 275 Å². The third-order valence-electron chi connectivity index (χ3n) is 14.4. The molecule has 14 aromatic rings. The first-order valence-corrected chi connectivity index (χ1v) is 25.9. The maximum Gasteiger partial charge on any atom is 0.237 e. The summed E-state index contributed by atoms with van der Waals surface area (Å²) in [6, 6.07) is 94.9. The van der Waals surface area contributed by atoms with Crippen LogP contribution in [0.5, 0.6) is 0 Å². The third kappa shape index (κ3) is 5.97. The average Bonchev–Trinajstić information content (AvgIpc) is 4.08. The molecule has 0 fully saturated rings. The van der Waals surface area contributed by atoms with Crippen LogP contribution < -0.4 is 20.7 Å². The molecule has 0 atom stereocenters. The lowest BCUT2D eigenvalue weighted by Crippen LogP contribution is -2.75. The molecule has 0 saturated heterocycles. The summed E-state index contributed by atoms with van der Waals surface area (Å²) in [6.07, 6.45) is 0. The Labute approximate surface area is 405 Å². The van der Waals surface area contributed by atoms with Crippen LogP contribution in [0.2, 0.25) is 0 Å². The van der Waals surface area contributed by atoms with Crippen molar-refractivity contribution in [3.63, 3.8) is 0 Å². The molecule has 0 unspecified atom stereocenters. The predicted octanol–water partition coefficient (Wildman–Crippen LogP) is 12.8. The van der Waals surface area contributed by atoms with Crippen molar-refractivity contribution in [2.45, 2.75) is 0 Å². The van der Waals surface area contributed by atoms with Crippen LogP contribution >= 0.6 is 0 Å². The quantitative estimate of drug-likeness (QED) is 0.113. The molecular weight excluding hydrogens is 867 g/mol. The first-order chi connectivity index (χ1) is 34.8. The van der Waals surface area contributed by atoms with Gasteiger partial charge in [-0.15, -0.1) is 0 Å². The highest BCUT2D eigenvalue weighted by Gasteiger charge is 2.43. The highest BCUT2D eigenvalue weighted by atomic mass is 28.3. The fraction of sp³-hybridized carbons (Fsp3) is 0. The van der Waals surface area contributed by atoms with Crippen molar-refractivity contribution in [2.24, 2.45) is 0 Å². The second kappa shape index (κ2) is 16.0. The molecule has 0 saturated carbocycles. The van der Waals surface area contributed by atoms with Crippen LogP contribution in [0.25, 0.3) is 94.1 Å². The summed E-state index contributed by atoms with van der Waals surface area (Å²) in [5.41, 5.74) is 9.64. The first-order valence-electron chi connectivity index (χ1n) is 23.9. The van der Waals surface area contributed by atoms with E-state index in [-0.39, 0.29) is 0 Å². The minimum atomic E-state index is -3.02. The van der Waals surface area contributed by atoms with Gasteiger partial charge in [0, 0.05) is 49.6 Å². The van der Waals surface area contributed by atoms with E-state index in [1.807, 2.05) is 0 Å². The zero-order valence-corrected chi connectivity index (χ0v) is 39.1. The number of fused-ring (bicyclic) bond motifs is 9. The minimum Gasteiger partial charge on any atom is -0.309 e. The van der Waals surface area contributed by atoms with Crippen molar-refractivity contribution < 1.29 is 0 Å². The van der Waals surface area contributed by atoms with Crippen molar-refractivity contribution in [1.29, 1.82) is 0 Å². The molecule has 0 spiro atoms. The van der Waals surface area contributed by atoms with Crippen molar-refractivity contribution >= 4 is 94.2 Å².